The van der Waals surface area contributed by atoms with Gasteiger partial charge in [0.25, 0.3) is 0 Å². The topological polar surface area (TPSA) is 149 Å². The second-order valence-corrected chi connectivity index (χ2v) is 4.19. The molecule has 4 N–H and O–H groups in total. The van der Waals surface area contributed by atoms with Crippen molar-refractivity contribution >= 4 is 23.9 Å². The van der Waals surface area contributed by atoms with Gasteiger partial charge in [-0.05, 0) is 12.8 Å². The van der Waals surface area contributed by atoms with Gasteiger partial charge in [-0.3, -0.25) is 19.2 Å². The van der Waals surface area contributed by atoms with Gasteiger partial charge >= 0.3 is 23.9 Å². The summed E-state index contributed by atoms with van der Waals surface area (Å²) in [6.45, 7) is 0. The van der Waals surface area contributed by atoms with Crippen LogP contribution in [0.1, 0.15) is 12.8 Å². The lowest BCUT2D eigenvalue weighted by Gasteiger charge is -2.34. The Balaban J connectivity index is 3.18. The molecule has 0 unspecified atom stereocenters. The first-order valence-electron chi connectivity index (χ1n) is 5.18. The van der Waals surface area contributed by atoms with E-state index in [1.54, 1.807) is 0 Å². The summed E-state index contributed by atoms with van der Waals surface area (Å²) in [5.74, 6) is -12.2. The lowest BCUT2D eigenvalue weighted by molar-refractivity contribution is -0.172. The van der Waals surface area contributed by atoms with Gasteiger partial charge in [0, 0.05) is 0 Å². The highest BCUT2D eigenvalue weighted by molar-refractivity contribution is 5.89. The van der Waals surface area contributed by atoms with Crippen LogP contribution in [-0.4, -0.2) is 44.3 Å². The Hall–Kier alpha value is -2.12. The molecule has 1 saturated carbocycles. The van der Waals surface area contributed by atoms with E-state index in [1.165, 1.54) is 0 Å². The molecule has 8 nitrogen and oxygen atoms in total. The van der Waals surface area contributed by atoms with Gasteiger partial charge in [-0.1, -0.05) is 0 Å². The van der Waals surface area contributed by atoms with Crippen molar-refractivity contribution in [2.75, 3.05) is 0 Å². The van der Waals surface area contributed by atoms with Gasteiger partial charge in [0.05, 0.1) is 23.7 Å². The summed E-state index contributed by atoms with van der Waals surface area (Å²) in [4.78, 5) is 43.9. The van der Waals surface area contributed by atoms with Crippen molar-refractivity contribution in [1.29, 1.82) is 0 Å². The minimum absolute atomic E-state index is 0.160. The number of hydrogen-bond donors (Lipinski definition) is 4. The Kier molecular flexibility index (Phi) is 3.89. The normalized spacial score (nSPS) is 31.6. The van der Waals surface area contributed by atoms with Gasteiger partial charge in [-0.25, -0.2) is 0 Å². The van der Waals surface area contributed by atoms with E-state index in [0.717, 1.165) is 0 Å². The lowest BCUT2D eigenvalue weighted by atomic mass is 9.66. The molecular weight excluding hydrogens is 248 g/mol. The van der Waals surface area contributed by atoms with Crippen molar-refractivity contribution in [2.45, 2.75) is 12.8 Å². The number of hydrogen-bond acceptors (Lipinski definition) is 4. The van der Waals surface area contributed by atoms with Gasteiger partial charge in [-0.2, -0.15) is 0 Å². The second kappa shape index (κ2) is 5.03. The zero-order chi connectivity index (χ0) is 14.0. The number of aliphatic carboxylic acids is 4. The molecule has 0 aromatic carbocycles. The van der Waals surface area contributed by atoms with E-state index in [9.17, 15) is 19.2 Å². The molecule has 0 aromatic rings. The van der Waals surface area contributed by atoms with Crippen LogP contribution in [0.2, 0.25) is 0 Å². The fraction of sp³-hybridized carbons (Fsp3) is 0.600. The second-order valence-electron chi connectivity index (χ2n) is 4.19. The maximum atomic E-state index is 11.0. The van der Waals surface area contributed by atoms with Crippen molar-refractivity contribution in [3.63, 3.8) is 0 Å². The van der Waals surface area contributed by atoms with E-state index < -0.39 is 47.5 Å². The van der Waals surface area contributed by atoms with Gasteiger partial charge in [0.1, 0.15) is 0 Å². The van der Waals surface area contributed by atoms with Crippen LogP contribution < -0.4 is 0 Å². The summed E-state index contributed by atoms with van der Waals surface area (Å²) in [6.07, 6.45) is -0.319. The smallest absolute Gasteiger partial charge is 0.308 e. The monoisotopic (exact) mass is 260 g/mol. The summed E-state index contributed by atoms with van der Waals surface area (Å²) >= 11 is 0. The highest BCUT2D eigenvalue weighted by Crippen LogP contribution is 2.39. The largest absolute Gasteiger partial charge is 0.481 e. The quantitative estimate of drug-likeness (QED) is 0.532. The number of carbonyl (C=O) groups is 4. The Morgan fingerprint density at radius 3 is 1.06 bits per heavy atom. The van der Waals surface area contributed by atoms with Crippen molar-refractivity contribution in [2.24, 2.45) is 23.7 Å². The first-order chi connectivity index (χ1) is 8.27. The van der Waals surface area contributed by atoms with Crippen molar-refractivity contribution < 1.29 is 39.6 Å². The summed E-state index contributed by atoms with van der Waals surface area (Å²) in [5, 5.41) is 35.7. The highest BCUT2D eigenvalue weighted by Gasteiger charge is 2.52. The fourth-order valence-corrected chi connectivity index (χ4v) is 2.42. The lowest BCUT2D eigenvalue weighted by Crippen LogP contribution is -2.48. The number of carboxylic acid groups (broad SMARTS) is 4. The molecule has 4 atom stereocenters. The van der Waals surface area contributed by atoms with Crippen molar-refractivity contribution in [1.82, 2.24) is 0 Å². The molecule has 0 amide bonds. The highest BCUT2D eigenvalue weighted by atomic mass is 16.4. The van der Waals surface area contributed by atoms with Crippen LogP contribution in [0.25, 0.3) is 0 Å². The van der Waals surface area contributed by atoms with E-state index in [1.807, 2.05) is 0 Å². The van der Waals surface area contributed by atoms with Crippen LogP contribution in [0.4, 0.5) is 0 Å². The fourth-order valence-electron chi connectivity index (χ4n) is 2.42. The Labute approximate surface area is 101 Å². The van der Waals surface area contributed by atoms with Gasteiger partial charge in [0.15, 0.2) is 0 Å². The molecule has 18 heavy (non-hydrogen) atoms. The van der Waals surface area contributed by atoms with Crippen LogP contribution in [0.3, 0.4) is 0 Å². The first-order valence-corrected chi connectivity index (χ1v) is 5.18. The van der Waals surface area contributed by atoms with Crippen LogP contribution in [0, 0.1) is 23.7 Å². The third-order valence-electron chi connectivity index (χ3n) is 3.25. The maximum Gasteiger partial charge on any atom is 0.308 e. The summed E-state index contributed by atoms with van der Waals surface area (Å²) in [7, 11) is 0. The molecule has 1 rings (SSSR count). The third-order valence-corrected chi connectivity index (χ3v) is 3.25. The summed E-state index contributed by atoms with van der Waals surface area (Å²) in [5.41, 5.74) is 0. The standard InChI is InChI=1S/C10H12O8/c11-7(12)3-1-2-4(8(13)14)6(10(17)18)5(3)9(15)16/h3-6H,1-2H2,(H,11,12)(H,13,14)(H,15,16)(H,17,18)/t3-,4+,5-,6+. The molecule has 0 heterocycles. The maximum absolute atomic E-state index is 11.0. The van der Waals surface area contributed by atoms with E-state index >= 15 is 0 Å². The van der Waals surface area contributed by atoms with E-state index in [-0.39, 0.29) is 12.8 Å². The Morgan fingerprint density at radius 1 is 0.611 bits per heavy atom. The first kappa shape index (κ1) is 13.9. The average Bonchev–Trinajstić information content (AvgIpc) is 2.26. The molecule has 0 aromatic heterocycles. The van der Waals surface area contributed by atoms with Crippen molar-refractivity contribution in [3.8, 4) is 0 Å². The third kappa shape index (κ3) is 2.41. The minimum Gasteiger partial charge on any atom is -0.481 e. The molecule has 1 aliphatic rings. The molecule has 0 bridgehead atoms. The minimum atomic E-state index is -1.73. The van der Waals surface area contributed by atoms with Gasteiger partial charge in [0.2, 0.25) is 0 Å². The molecule has 1 aliphatic carbocycles. The molecule has 0 spiro atoms. The SMILES string of the molecule is O=C(O)[C@@H]1[C@H](C(=O)O)[C@H](C(=O)O)CC[C@@H]1C(=O)O. The van der Waals surface area contributed by atoms with Crippen LogP contribution in [0.15, 0.2) is 0 Å². The molecule has 0 saturated heterocycles. The van der Waals surface area contributed by atoms with Crippen LogP contribution in [-0.2, 0) is 19.2 Å². The predicted octanol–water partition coefficient (Wildman–Crippen LogP) is -0.417. The molecule has 0 radical (unpaired) electrons. The van der Waals surface area contributed by atoms with E-state index in [2.05, 4.69) is 0 Å². The summed E-state index contributed by atoms with van der Waals surface area (Å²) < 4.78 is 0. The molecule has 0 aliphatic heterocycles. The zero-order valence-electron chi connectivity index (χ0n) is 9.15. The summed E-state index contributed by atoms with van der Waals surface area (Å²) in [6, 6.07) is 0. The predicted molar refractivity (Wildman–Crippen MR) is 53.7 cm³/mol. The van der Waals surface area contributed by atoms with Crippen LogP contribution >= 0.6 is 0 Å². The molecule has 1 fully saturated rings. The Bertz CT molecular complexity index is 363. The molecular formula is C10H12O8. The Morgan fingerprint density at radius 2 is 0.889 bits per heavy atom. The molecule has 100 valence electrons. The average molecular weight is 260 g/mol. The van der Waals surface area contributed by atoms with Crippen LogP contribution in [0.5, 0.6) is 0 Å². The van der Waals surface area contributed by atoms with Crippen molar-refractivity contribution in [3.05, 3.63) is 0 Å². The zero-order valence-corrected chi connectivity index (χ0v) is 9.15. The van der Waals surface area contributed by atoms with Gasteiger partial charge < -0.3 is 20.4 Å². The van der Waals surface area contributed by atoms with E-state index in [0.29, 0.717) is 0 Å². The molecule has 8 heteroatoms. The number of carboxylic acids is 4. The van der Waals surface area contributed by atoms with E-state index in [4.69, 9.17) is 20.4 Å². The van der Waals surface area contributed by atoms with Gasteiger partial charge in [-0.15, -0.1) is 0 Å². The number of rotatable bonds is 4.